The van der Waals surface area contributed by atoms with Crippen molar-refractivity contribution in [3.63, 3.8) is 0 Å². The molecule has 1 aromatic heterocycles. The normalized spacial score (nSPS) is 25.0. The fourth-order valence-electron chi connectivity index (χ4n) is 3.57. The minimum atomic E-state index is -0.0633. The molecule has 0 aliphatic heterocycles. The molecule has 0 radical (unpaired) electrons. The highest BCUT2D eigenvalue weighted by Crippen LogP contribution is 2.38. The zero-order chi connectivity index (χ0) is 15.0. The third-order valence-electron chi connectivity index (χ3n) is 4.68. The molecular formula is C17H22BrClN2. The van der Waals surface area contributed by atoms with Crippen molar-refractivity contribution in [1.82, 2.24) is 9.55 Å². The Morgan fingerprint density at radius 1 is 1.29 bits per heavy atom. The standard InChI is InChI=1S/C17H22BrClN2/c1-11-6-4-3-5-7-15(11)21-16-10-13(18)8-9-14(16)20-17(21)12(2)19/h8-12,15H,3-7H2,1-2H3. The Balaban J connectivity index is 2.17. The van der Waals surface area contributed by atoms with Gasteiger partial charge in [-0.25, -0.2) is 4.98 Å². The Labute approximate surface area is 140 Å². The summed E-state index contributed by atoms with van der Waals surface area (Å²) in [6, 6.07) is 6.84. The van der Waals surface area contributed by atoms with Gasteiger partial charge in [0, 0.05) is 10.5 Å². The van der Waals surface area contributed by atoms with Gasteiger partial charge in [0.25, 0.3) is 0 Å². The average Bonchev–Trinajstić information content (AvgIpc) is 2.68. The number of fused-ring (bicyclic) bond motifs is 1. The van der Waals surface area contributed by atoms with Gasteiger partial charge in [0.05, 0.1) is 16.4 Å². The first kappa shape index (κ1) is 15.4. The second kappa shape index (κ2) is 6.29. The van der Waals surface area contributed by atoms with E-state index in [4.69, 9.17) is 16.6 Å². The topological polar surface area (TPSA) is 17.8 Å². The van der Waals surface area contributed by atoms with Gasteiger partial charge in [-0.05, 0) is 43.9 Å². The van der Waals surface area contributed by atoms with Crippen LogP contribution in [-0.4, -0.2) is 9.55 Å². The molecule has 3 unspecified atom stereocenters. The average molecular weight is 370 g/mol. The molecule has 1 aliphatic rings. The second-order valence-corrected chi connectivity index (χ2v) is 7.84. The van der Waals surface area contributed by atoms with Gasteiger partial charge in [0.15, 0.2) is 0 Å². The predicted molar refractivity (Wildman–Crippen MR) is 93.0 cm³/mol. The van der Waals surface area contributed by atoms with Crippen LogP contribution < -0.4 is 0 Å². The first-order valence-electron chi connectivity index (χ1n) is 7.89. The fourth-order valence-corrected chi connectivity index (χ4v) is 4.07. The minimum Gasteiger partial charge on any atom is -0.323 e. The van der Waals surface area contributed by atoms with Crippen molar-refractivity contribution in [2.45, 2.75) is 57.4 Å². The number of halogens is 2. The number of aromatic nitrogens is 2. The fraction of sp³-hybridized carbons (Fsp3) is 0.588. The maximum absolute atomic E-state index is 6.43. The zero-order valence-corrected chi connectivity index (χ0v) is 15.0. The van der Waals surface area contributed by atoms with Crippen LogP contribution in [-0.2, 0) is 0 Å². The van der Waals surface area contributed by atoms with Crippen LogP contribution in [0.15, 0.2) is 22.7 Å². The molecule has 3 rings (SSSR count). The lowest BCUT2D eigenvalue weighted by atomic mass is 9.96. The molecule has 1 saturated carbocycles. The summed E-state index contributed by atoms with van der Waals surface area (Å²) >= 11 is 10.0. The lowest BCUT2D eigenvalue weighted by Gasteiger charge is -2.26. The third-order valence-corrected chi connectivity index (χ3v) is 5.37. The highest BCUT2D eigenvalue weighted by Gasteiger charge is 2.27. The van der Waals surface area contributed by atoms with Crippen LogP contribution in [0.5, 0.6) is 0 Å². The molecule has 2 nitrogen and oxygen atoms in total. The molecule has 1 aromatic carbocycles. The molecule has 0 N–H and O–H groups in total. The third kappa shape index (κ3) is 3.00. The van der Waals surface area contributed by atoms with E-state index in [0.717, 1.165) is 15.8 Å². The van der Waals surface area contributed by atoms with Crippen LogP contribution in [0.25, 0.3) is 11.0 Å². The Bertz CT molecular complexity index is 635. The number of nitrogens with zero attached hydrogens (tertiary/aromatic N) is 2. The molecule has 4 heteroatoms. The molecule has 1 aliphatic carbocycles. The van der Waals surface area contributed by atoms with E-state index in [1.807, 2.05) is 6.92 Å². The molecule has 1 fully saturated rings. The number of hydrogen-bond acceptors (Lipinski definition) is 1. The molecular weight excluding hydrogens is 348 g/mol. The van der Waals surface area contributed by atoms with Crippen LogP contribution in [0, 0.1) is 5.92 Å². The Morgan fingerprint density at radius 3 is 2.81 bits per heavy atom. The Hall–Kier alpha value is -0.540. The number of alkyl halides is 1. The van der Waals surface area contributed by atoms with E-state index >= 15 is 0 Å². The maximum atomic E-state index is 6.43. The van der Waals surface area contributed by atoms with E-state index < -0.39 is 0 Å². The van der Waals surface area contributed by atoms with Gasteiger partial charge in [-0.15, -0.1) is 11.6 Å². The van der Waals surface area contributed by atoms with Gasteiger partial charge in [-0.3, -0.25) is 0 Å². The Morgan fingerprint density at radius 2 is 2.05 bits per heavy atom. The van der Waals surface area contributed by atoms with Crippen molar-refractivity contribution in [3.8, 4) is 0 Å². The van der Waals surface area contributed by atoms with Crippen LogP contribution in [0.3, 0.4) is 0 Å². The van der Waals surface area contributed by atoms with Crippen LogP contribution in [0.4, 0.5) is 0 Å². The Kier molecular flexibility index (Phi) is 4.60. The van der Waals surface area contributed by atoms with Crippen molar-refractivity contribution >= 4 is 38.6 Å². The first-order valence-corrected chi connectivity index (χ1v) is 9.12. The first-order chi connectivity index (χ1) is 10.1. The maximum Gasteiger partial charge on any atom is 0.127 e. The SMILES string of the molecule is CC(Cl)c1nc2ccc(Br)cc2n1C1CCCCCC1C. The van der Waals surface area contributed by atoms with Gasteiger partial charge in [-0.2, -0.15) is 0 Å². The van der Waals surface area contributed by atoms with E-state index in [1.54, 1.807) is 0 Å². The van der Waals surface area contributed by atoms with Crippen molar-refractivity contribution in [2.24, 2.45) is 5.92 Å². The minimum absolute atomic E-state index is 0.0633. The molecule has 0 spiro atoms. The summed E-state index contributed by atoms with van der Waals surface area (Å²) in [6.07, 6.45) is 6.53. The van der Waals surface area contributed by atoms with Gasteiger partial charge >= 0.3 is 0 Å². The molecule has 0 saturated heterocycles. The van der Waals surface area contributed by atoms with Gasteiger partial charge < -0.3 is 4.57 Å². The van der Waals surface area contributed by atoms with Crippen molar-refractivity contribution in [2.75, 3.05) is 0 Å². The summed E-state index contributed by atoms with van der Waals surface area (Å²) in [7, 11) is 0. The summed E-state index contributed by atoms with van der Waals surface area (Å²) < 4.78 is 3.53. The summed E-state index contributed by atoms with van der Waals surface area (Å²) in [5.41, 5.74) is 2.27. The summed E-state index contributed by atoms with van der Waals surface area (Å²) in [4.78, 5) is 4.80. The lowest BCUT2D eigenvalue weighted by molar-refractivity contribution is 0.333. The molecule has 1 heterocycles. The van der Waals surface area contributed by atoms with Gasteiger partial charge in [0.1, 0.15) is 5.82 Å². The molecule has 2 aromatic rings. The quantitative estimate of drug-likeness (QED) is 0.452. The largest absolute Gasteiger partial charge is 0.323 e. The van der Waals surface area contributed by atoms with E-state index in [-0.39, 0.29) is 5.38 Å². The summed E-state index contributed by atoms with van der Waals surface area (Å²) in [6.45, 7) is 4.40. The van der Waals surface area contributed by atoms with E-state index in [1.165, 1.54) is 37.6 Å². The molecule has 21 heavy (non-hydrogen) atoms. The highest BCUT2D eigenvalue weighted by molar-refractivity contribution is 9.10. The molecule has 0 amide bonds. The van der Waals surface area contributed by atoms with Gasteiger partial charge in [-0.1, -0.05) is 42.1 Å². The number of benzene rings is 1. The number of hydrogen-bond donors (Lipinski definition) is 0. The number of rotatable bonds is 2. The smallest absolute Gasteiger partial charge is 0.127 e. The van der Waals surface area contributed by atoms with E-state index in [9.17, 15) is 0 Å². The van der Waals surface area contributed by atoms with Crippen LogP contribution in [0.1, 0.15) is 63.2 Å². The van der Waals surface area contributed by atoms with Crippen molar-refractivity contribution in [3.05, 3.63) is 28.5 Å². The molecule has 114 valence electrons. The lowest BCUT2D eigenvalue weighted by Crippen LogP contribution is -2.18. The monoisotopic (exact) mass is 368 g/mol. The summed E-state index contributed by atoms with van der Waals surface area (Å²) in [5.74, 6) is 1.70. The van der Waals surface area contributed by atoms with Gasteiger partial charge in [0.2, 0.25) is 0 Å². The van der Waals surface area contributed by atoms with E-state index in [0.29, 0.717) is 12.0 Å². The van der Waals surface area contributed by atoms with Crippen molar-refractivity contribution < 1.29 is 0 Å². The predicted octanol–water partition coefficient (Wildman–Crippen LogP) is 6.24. The van der Waals surface area contributed by atoms with E-state index in [2.05, 4.69) is 45.6 Å². The van der Waals surface area contributed by atoms with Crippen molar-refractivity contribution in [1.29, 1.82) is 0 Å². The highest BCUT2D eigenvalue weighted by atomic mass is 79.9. The second-order valence-electron chi connectivity index (χ2n) is 6.27. The summed E-state index contributed by atoms with van der Waals surface area (Å²) in [5, 5.41) is -0.0633. The number of imidazole rings is 1. The molecule has 0 bridgehead atoms. The zero-order valence-electron chi connectivity index (χ0n) is 12.6. The van der Waals surface area contributed by atoms with Crippen LogP contribution in [0.2, 0.25) is 0 Å². The van der Waals surface area contributed by atoms with Crippen LogP contribution >= 0.6 is 27.5 Å². The molecule has 3 atom stereocenters.